The van der Waals surface area contributed by atoms with Crippen molar-refractivity contribution in [2.75, 3.05) is 13.7 Å². The molecule has 0 radical (unpaired) electrons. The van der Waals surface area contributed by atoms with E-state index in [9.17, 15) is 8.42 Å². The number of para-hydroxylation sites is 2. The minimum atomic E-state index is -3.85. The average Bonchev–Trinajstić information content (AvgIpc) is 3.22. The van der Waals surface area contributed by atoms with Gasteiger partial charge in [0.1, 0.15) is 10.7 Å². The molecule has 3 aromatic carbocycles. The first-order valence-corrected chi connectivity index (χ1v) is 11.3. The molecule has 0 atom stereocenters. The SMILES string of the molecule is CCOc1cc(C=C(c2nc3ccccc3[nH]2)S(=O)(=O)c2ccccc2)ccc1OC. The van der Waals surface area contributed by atoms with Gasteiger partial charge in [0, 0.05) is 0 Å². The van der Waals surface area contributed by atoms with Gasteiger partial charge in [-0.05, 0) is 55.0 Å². The van der Waals surface area contributed by atoms with Gasteiger partial charge in [-0.2, -0.15) is 0 Å². The van der Waals surface area contributed by atoms with Crippen LogP contribution in [0.5, 0.6) is 11.5 Å². The number of benzene rings is 3. The van der Waals surface area contributed by atoms with Crippen molar-refractivity contribution in [2.45, 2.75) is 11.8 Å². The molecule has 4 rings (SSSR count). The highest BCUT2D eigenvalue weighted by Gasteiger charge is 2.25. The lowest BCUT2D eigenvalue weighted by molar-refractivity contribution is 0.311. The van der Waals surface area contributed by atoms with Gasteiger partial charge in [-0.1, -0.05) is 36.4 Å². The van der Waals surface area contributed by atoms with Gasteiger partial charge >= 0.3 is 0 Å². The lowest BCUT2D eigenvalue weighted by atomic mass is 10.2. The van der Waals surface area contributed by atoms with E-state index >= 15 is 0 Å². The van der Waals surface area contributed by atoms with Crippen molar-refractivity contribution in [2.24, 2.45) is 0 Å². The molecule has 31 heavy (non-hydrogen) atoms. The molecule has 1 heterocycles. The normalized spacial score (nSPS) is 12.1. The summed E-state index contributed by atoms with van der Waals surface area (Å²) in [5.74, 6) is 1.40. The van der Waals surface area contributed by atoms with E-state index in [-0.39, 0.29) is 15.6 Å². The molecule has 4 aromatic rings. The summed E-state index contributed by atoms with van der Waals surface area (Å²) in [5, 5.41) is 0. The molecule has 0 fully saturated rings. The lowest BCUT2D eigenvalue weighted by Crippen LogP contribution is -2.06. The minimum Gasteiger partial charge on any atom is -0.493 e. The van der Waals surface area contributed by atoms with Crippen LogP contribution in [0.2, 0.25) is 0 Å². The zero-order valence-electron chi connectivity index (χ0n) is 17.2. The van der Waals surface area contributed by atoms with Crippen molar-refractivity contribution >= 4 is 31.9 Å². The third-order valence-corrected chi connectivity index (χ3v) is 6.53. The summed E-state index contributed by atoms with van der Waals surface area (Å²) in [5.41, 5.74) is 2.10. The first kappa shape index (κ1) is 20.7. The monoisotopic (exact) mass is 434 g/mol. The molecule has 0 aliphatic carbocycles. The Labute approximate surface area is 181 Å². The van der Waals surface area contributed by atoms with Gasteiger partial charge < -0.3 is 14.5 Å². The summed E-state index contributed by atoms with van der Waals surface area (Å²) < 4.78 is 38.1. The summed E-state index contributed by atoms with van der Waals surface area (Å²) in [4.78, 5) is 7.94. The molecule has 0 spiro atoms. The largest absolute Gasteiger partial charge is 0.493 e. The number of methoxy groups -OCH3 is 1. The lowest BCUT2D eigenvalue weighted by Gasteiger charge is -2.11. The van der Waals surface area contributed by atoms with E-state index in [2.05, 4.69) is 9.97 Å². The van der Waals surface area contributed by atoms with Gasteiger partial charge in [0.25, 0.3) is 0 Å². The van der Waals surface area contributed by atoms with Crippen LogP contribution in [0.1, 0.15) is 18.3 Å². The highest BCUT2D eigenvalue weighted by molar-refractivity contribution is 8.00. The Morgan fingerprint density at radius 2 is 1.74 bits per heavy atom. The third kappa shape index (κ3) is 4.18. The van der Waals surface area contributed by atoms with Crippen molar-refractivity contribution in [1.29, 1.82) is 0 Å². The van der Waals surface area contributed by atoms with E-state index < -0.39 is 9.84 Å². The molecule has 7 heteroatoms. The van der Waals surface area contributed by atoms with Crippen LogP contribution in [0.15, 0.2) is 77.7 Å². The second kappa shape index (κ2) is 8.65. The second-order valence-corrected chi connectivity index (χ2v) is 8.69. The van der Waals surface area contributed by atoms with Gasteiger partial charge in [0.05, 0.1) is 29.6 Å². The Morgan fingerprint density at radius 3 is 2.45 bits per heavy atom. The van der Waals surface area contributed by atoms with E-state index in [1.165, 1.54) is 0 Å². The predicted molar refractivity (Wildman–Crippen MR) is 122 cm³/mol. The fourth-order valence-corrected chi connectivity index (χ4v) is 4.68. The number of sulfone groups is 1. The Hall–Kier alpha value is -3.58. The highest BCUT2D eigenvalue weighted by Crippen LogP contribution is 2.33. The van der Waals surface area contributed by atoms with Crippen molar-refractivity contribution in [3.8, 4) is 11.5 Å². The summed E-state index contributed by atoms with van der Waals surface area (Å²) in [7, 11) is -2.28. The van der Waals surface area contributed by atoms with Crippen molar-refractivity contribution in [3.05, 3.63) is 84.2 Å². The number of aromatic nitrogens is 2. The maximum absolute atomic E-state index is 13.6. The number of H-pyrrole nitrogens is 1. The van der Waals surface area contributed by atoms with Crippen LogP contribution in [0, 0.1) is 0 Å². The van der Waals surface area contributed by atoms with Gasteiger partial charge in [0.2, 0.25) is 9.84 Å². The van der Waals surface area contributed by atoms with E-state index in [0.717, 1.165) is 5.52 Å². The number of nitrogens with one attached hydrogen (secondary N) is 1. The Bertz CT molecular complexity index is 1310. The summed E-state index contributed by atoms with van der Waals surface area (Å²) in [6.45, 7) is 2.34. The molecule has 0 amide bonds. The molecule has 0 bridgehead atoms. The smallest absolute Gasteiger partial charge is 0.210 e. The van der Waals surface area contributed by atoms with Crippen LogP contribution < -0.4 is 9.47 Å². The van der Waals surface area contributed by atoms with E-state index in [0.29, 0.717) is 29.2 Å². The number of hydrogen-bond acceptors (Lipinski definition) is 5. The molecular formula is C24H22N2O4S. The van der Waals surface area contributed by atoms with Crippen molar-refractivity contribution in [3.63, 3.8) is 0 Å². The predicted octanol–water partition coefficient (Wildman–Crippen LogP) is 4.94. The molecule has 158 valence electrons. The minimum absolute atomic E-state index is 0.0718. The highest BCUT2D eigenvalue weighted by atomic mass is 32.2. The molecule has 0 aliphatic heterocycles. The Morgan fingerprint density at radius 1 is 1.00 bits per heavy atom. The van der Waals surface area contributed by atoms with Gasteiger partial charge in [-0.15, -0.1) is 0 Å². The average molecular weight is 435 g/mol. The quantitative estimate of drug-likeness (QED) is 0.445. The fraction of sp³-hybridized carbons (Fsp3) is 0.125. The zero-order valence-corrected chi connectivity index (χ0v) is 18.0. The van der Waals surface area contributed by atoms with Gasteiger partial charge in [-0.3, -0.25) is 0 Å². The van der Waals surface area contributed by atoms with Crippen molar-refractivity contribution < 1.29 is 17.9 Å². The number of ether oxygens (including phenoxy) is 2. The van der Waals surface area contributed by atoms with Crippen LogP contribution in [0.25, 0.3) is 22.0 Å². The Balaban J connectivity index is 1.91. The van der Waals surface area contributed by atoms with Crippen LogP contribution in [-0.2, 0) is 9.84 Å². The number of nitrogens with zero attached hydrogens (tertiary/aromatic N) is 1. The molecule has 0 aliphatic rings. The van der Waals surface area contributed by atoms with Crippen LogP contribution in [0.4, 0.5) is 0 Å². The molecule has 6 nitrogen and oxygen atoms in total. The first-order chi connectivity index (χ1) is 15.0. The molecule has 0 unspecified atom stereocenters. The number of rotatable bonds is 7. The second-order valence-electron chi connectivity index (χ2n) is 6.77. The van der Waals surface area contributed by atoms with E-state index in [1.807, 2.05) is 31.2 Å². The Kier molecular flexibility index (Phi) is 5.77. The van der Waals surface area contributed by atoms with Crippen LogP contribution in [0.3, 0.4) is 0 Å². The zero-order chi connectivity index (χ0) is 21.8. The van der Waals surface area contributed by atoms with Gasteiger partial charge in [-0.25, -0.2) is 13.4 Å². The summed E-state index contributed by atoms with van der Waals surface area (Å²) in [6, 6.07) is 21.0. The number of imidazole rings is 1. The maximum Gasteiger partial charge on any atom is 0.210 e. The number of hydrogen-bond donors (Lipinski definition) is 1. The van der Waals surface area contributed by atoms with E-state index in [4.69, 9.17) is 9.47 Å². The molecule has 1 N–H and O–H groups in total. The number of fused-ring (bicyclic) bond motifs is 1. The van der Waals surface area contributed by atoms with Crippen molar-refractivity contribution in [1.82, 2.24) is 9.97 Å². The molecule has 0 saturated carbocycles. The fourth-order valence-electron chi connectivity index (χ4n) is 3.27. The molecule has 0 saturated heterocycles. The van der Waals surface area contributed by atoms with E-state index in [1.54, 1.807) is 61.7 Å². The summed E-state index contributed by atoms with van der Waals surface area (Å²) in [6.07, 6.45) is 1.60. The van der Waals surface area contributed by atoms with Crippen LogP contribution in [-0.4, -0.2) is 32.1 Å². The standard InChI is InChI=1S/C24H22N2O4S/c1-3-30-22-15-17(13-14-21(22)29-2)16-23(31(27,28)18-9-5-4-6-10-18)24-25-19-11-7-8-12-20(19)26-24/h4-16H,3H2,1-2H3,(H,25,26). The first-order valence-electron chi connectivity index (χ1n) is 9.80. The third-order valence-electron chi connectivity index (χ3n) is 4.75. The maximum atomic E-state index is 13.6. The topological polar surface area (TPSA) is 81.3 Å². The summed E-state index contributed by atoms with van der Waals surface area (Å²) >= 11 is 0. The molecular weight excluding hydrogens is 412 g/mol. The van der Waals surface area contributed by atoms with Gasteiger partial charge in [0.15, 0.2) is 11.5 Å². The molecule has 1 aromatic heterocycles. The van der Waals surface area contributed by atoms with Crippen LogP contribution >= 0.6 is 0 Å². The number of aromatic amines is 1.